The van der Waals surface area contributed by atoms with Crippen LogP contribution in [0.1, 0.15) is 36.6 Å². The van der Waals surface area contributed by atoms with E-state index < -0.39 is 0 Å². The first kappa shape index (κ1) is 18.9. The molecule has 0 aliphatic carbocycles. The first-order valence-corrected chi connectivity index (χ1v) is 10.0. The molecular weight excluding hydrogens is 362 g/mol. The Morgan fingerprint density at radius 1 is 0.897 bits per heavy atom. The first-order chi connectivity index (χ1) is 14.3. The highest BCUT2D eigenvalue weighted by atomic mass is 16.2. The molecule has 2 N–H and O–H groups in total. The molecule has 0 saturated carbocycles. The van der Waals surface area contributed by atoms with Gasteiger partial charge in [-0.2, -0.15) is 0 Å². The van der Waals surface area contributed by atoms with Crippen molar-refractivity contribution in [3.8, 4) is 0 Å². The SMILES string of the molecule is O=C(Nc1ccc(N2CCCCC2)nc1)NC(c1ccccc1)c1ccccn1. The molecule has 0 bridgehead atoms. The third kappa shape index (κ3) is 4.90. The van der Waals surface area contributed by atoms with Crippen molar-refractivity contribution >= 4 is 17.5 Å². The molecule has 6 heteroatoms. The minimum atomic E-state index is -0.335. The summed E-state index contributed by atoms with van der Waals surface area (Å²) in [6.07, 6.45) is 7.14. The summed E-state index contributed by atoms with van der Waals surface area (Å²) in [4.78, 5) is 23.9. The zero-order chi connectivity index (χ0) is 19.9. The average Bonchev–Trinajstić information content (AvgIpc) is 2.80. The summed E-state index contributed by atoms with van der Waals surface area (Å²) in [5, 5.41) is 5.91. The van der Waals surface area contributed by atoms with Crippen molar-refractivity contribution in [3.05, 3.63) is 84.3 Å². The van der Waals surface area contributed by atoms with Crippen molar-refractivity contribution in [2.45, 2.75) is 25.3 Å². The predicted molar refractivity (Wildman–Crippen MR) is 115 cm³/mol. The average molecular weight is 387 g/mol. The lowest BCUT2D eigenvalue weighted by molar-refractivity contribution is 0.250. The quantitative estimate of drug-likeness (QED) is 0.682. The number of aromatic nitrogens is 2. The summed E-state index contributed by atoms with van der Waals surface area (Å²) in [7, 11) is 0. The summed E-state index contributed by atoms with van der Waals surface area (Å²) in [6.45, 7) is 2.09. The molecule has 1 unspecified atom stereocenters. The van der Waals surface area contributed by atoms with Crippen molar-refractivity contribution in [2.24, 2.45) is 0 Å². The topological polar surface area (TPSA) is 70.2 Å². The van der Waals surface area contributed by atoms with E-state index in [-0.39, 0.29) is 12.1 Å². The second-order valence-corrected chi connectivity index (χ2v) is 7.15. The second-order valence-electron chi connectivity index (χ2n) is 7.15. The number of amides is 2. The van der Waals surface area contributed by atoms with Gasteiger partial charge in [0.2, 0.25) is 0 Å². The van der Waals surface area contributed by atoms with Crippen LogP contribution in [-0.2, 0) is 0 Å². The summed E-state index contributed by atoms with van der Waals surface area (Å²) in [5.41, 5.74) is 2.42. The largest absolute Gasteiger partial charge is 0.357 e. The fourth-order valence-corrected chi connectivity index (χ4v) is 3.59. The van der Waals surface area contributed by atoms with Crippen LogP contribution in [0.5, 0.6) is 0 Å². The second kappa shape index (κ2) is 9.19. The molecule has 2 amide bonds. The van der Waals surface area contributed by atoms with Crippen LogP contribution in [-0.4, -0.2) is 29.1 Å². The predicted octanol–water partition coefficient (Wildman–Crippen LogP) is 4.38. The number of anilines is 2. The van der Waals surface area contributed by atoms with Gasteiger partial charge in [0.1, 0.15) is 5.82 Å². The van der Waals surface area contributed by atoms with Gasteiger partial charge in [-0.15, -0.1) is 0 Å². The molecule has 0 radical (unpaired) electrons. The van der Waals surface area contributed by atoms with Gasteiger partial charge in [0, 0.05) is 19.3 Å². The Bertz CT molecular complexity index is 870. The zero-order valence-corrected chi connectivity index (χ0v) is 16.3. The molecule has 1 fully saturated rings. The maximum absolute atomic E-state index is 12.7. The monoisotopic (exact) mass is 387 g/mol. The molecule has 0 spiro atoms. The number of urea groups is 1. The Morgan fingerprint density at radius 2 is 1.69 bits per heavy atom. The first-order valence-electron chi connectivity index (χ1n) is 10.0. The van der Waals surface area contributed by atoms with Crippen LogP contribution >= 0.6 is 0 Å². The van der Waals surface area contributed by atoms with Crippen LogP contribution in [0.2, 0.25) is 0 Å². The van der Waals surface area contributed by atoms with Gasteiger partial charge in [-0.05, 0) is 49.1 Å². The number of carbonyl (C=O) groups excluding carboxylic acids is 1. The van der Waals surface area contributed by atoms with Gasteiger partial charge in [0.15, 0.2) is 0 Å². The lowest BCUT2D eigenvalue weighted by Gasteiger charge is -2.27. The molecule has 4 rings (SSSR count). The standard InChI is InChI=1S/C23H25N5O/c29-23(26-19-12-13-21(25-17-19)28-15-7-2-8-16-28)27-22(18-9-3-1-4-10-18)20-11-5-6-14-24-20/h1,3-6,9-14,17,22H,2,7-8,15-16H2,(H2,26,27,29). The van der Waals surface area contributed by atoms with Gasteiger partial charge in [-0.1, -0.05) is 36.4 Å². The molecule has 1 saturated heterocycles. The van der Waals surface area contributed by atoms with E-state index in [0.717, 1.165) is 30.2 Å². The molecule has 148 valence electrons. The Hall–Kier alpha value is -3.41. The highest BCUT2D eigenvalue weighted by molar-refractivity contribution is 5.89. The van der Waals surface area contributed by atoms with Gasteiger partial charge in [0.25, 0.3) is 0 Å². The van der Waals surface area contributed by atoms with Gasteiger partial charge < -0.3 is 15.5 Å². The van der Waals surface area contributed by atoms with Gasteiger partial charge in [-0.3, -0.25) is 4.98 Å². The number of hydrogen-bond acceptors (Lipinski definition) is 4. The number of hydrogen-bond donors (Lipinski definition) is 2. The molecule has 3 aromatic rings. The van der Waals surface area contributed by atoms with E-state index in [1.165, 1.54) is 19.3 Å². The number of nitrogens with zero attached hydrogens (tertiary/aromatic N) is 3. The summed E-state index contributed by atoms with van der Waals surface area (Å²) in [5.74, 6) is 0.964. The van der Waals surface area contributed by atoms with Crippen LogP contribution in [0, 0.1) is 0 Å². The fraction of sp³-hybridized carbons (Fsp3) is 0.261. The van der Waals surface area contributed by atoms with E-state index >= 15 is 0 Å². The van der Waals surface area contributed by atoms with Gasteiger partial charge in [0.05, 0.1) is 23.6 Å². The number of rotatable bonds is 5. The molecule has 29 heavy (non-hydrogen) atoms. The van der Waals surface area contributed by atoms with Crippen LogP contribution in [0.25, 0.3) is 0 Å². The van der Waals surface area contributed by atoms with E-state index in [4.69, 9.17) is 0 Å². The molecule has 1 aromatic carbocycles. The van der Waals surface area contributed by atoms with Crippen molar-refractivity contribution in [3.63, 3.8) is 0 Å². The van der Waals surface area contributed by atoms with Crippen molar-refractivity contribution in [2.75, 3.05) is 23.3 Å². The number of benzene rings is 1. The maximum Gasteiger partial charge on any atom is 0.320 e. The number of piperidine rings is 1. The Labute approximate surface area is 171 Å². The van der Waals surface area contributed by atoms with Crippen LogP contribution in [0.4, 0.5) is 16.3 Å². The minimum Gasteiger partial charge on any atom is -0.357 e. The van der Waals surface area contributed by atoms with E-state index in [9.17, 15) is 4.79 Å². The maximum atomic E-state index is 12.7. The highest BCUT2D eigenvalue weighted by Gasteiger charge is 2.18. The molecule has 2 aromatic heterocycles. The van der Waals surface area contributed by atoms with Crippen molar-refractivity contribution in [1.82, 2.24) is 15.3 Å². The lowest BCUT2D eigenvalue weighted by atomic mass is 10.0. The molecule has 1 aliphatic heterocycles. The fourth-order valence-electron chi connectivity index (χ4n) is 3.59. The van der Waals surface area contributed by atoms with Crippen LogP contribution < -0.4 is 15.5 Å². The van der Waals surface area contributed by atoms with Gasteiger partial charge in [-0.25, -0.2) is 9.78 Å². The Balaban J connectivity index is 1.44. The van der Waals surface area contributed by atoms with Crippen LogP contribution in [0.15, 0.2) is 73.1 Å². The third-order valence-corrected chi connectivity index (χ3v) is 5.08. The number of pyridine rings is 2. The van der Waals surface area contributed by atoms with Crippen LogP contribution in [0.3, 0.4) is 0 Å². The minimum absolute atomic E-state index is 0.294. The molecule has 6 nitrogen and oxygen atoms in total. The van der Waals surface area contributed by atoms with E-state index in [2.05, 4.69) is 25.5 Å². The summed E-state index contributed by atoms with van der Waals surface area (Å²) in [6, 6.07) is 18.7. The van der Waals surface area contributed by atoms with Crippen molar-refractivity contribution < 1.29 is 4.79 Å². The third-order valence-electron chi connectivity index (χ3n) is 5.08. The highest BCUT2D eigenvalue weighted by Crippen LogP contribution is 2.21. The molecule has 3 heterocycles. The normalized spacial score (nSPS) is 14.8. The van der Waals surface area contributed by atoms with E-state index in [0.29, 0.717) is 5.69 Å². The Morgan fingerprint density at radius 3 is 2.38 bits per heavy atom. The lowest BCUT2D eigenvalue weighted by Crippen LogP contribution is -2.33. The Kier molecular flexibility index (Phi) is 6.00. The molecule has 1 atom stereocenters. The van der Waals surface area contributed by atoms with E-state index in [1.807, 2.05) is 60.7 Å². The van der Waals surface area contributed by atoms with E-state index in [1.54, 1.807) is 12.4 Å². The number of carbonyl (C=O) groups is 1. The van der Waals surface area contributed by atoms with Gasteiger partial charge >= 0.3 is 6.03 Å². The smallest absolute Gasteiger partial charge is 0.320 e. The molecule has 1 aliphatic rings. The summed E-state index contributed by atoms with van der Waals surface area (Å²) < 4.78 is 0. The van der Waals surface area contributed by atoms with Crippen molar-refractivity contribution in [1.29, 1.82) is 0 Å². The summed E-state index contributed by atoms with van der Waals surface area (Å²) >= 11 is 0. The molecular formula is C23H25N5O. The number of nitrogens with one attached hydrogen (secondary N) is 2. The zero-order valence-electron chi connectivity index (χ0n) is 16.3.